The standard InChI is InChI=1S/C26H30N2O4S/c1-6-25(32-23-12-8-18(3)20(5)16-23)26(29)27-21-10-13-24(14-11-21)33(30,31)28-22-9-7-17(2)19(4)15-22/h7-16,25,28H,6H2,1-5H3,(H,27,29)/t25-/m0/s1. The largest absolute Gasteiger partial charge is 0.481 e. The van der Waals surface area contributed by atoms with Gasteiger partial charge in [0.2, 0.25) is 0 Å². The molecule has 3 aromatic carbocycles. The summed E-state index contributed by atoms with van der Waals surface area (Å²) in [5.74, 6) is 0.346. The van der Waals surface area contributed by atoms with Crippen molar-refractivity contribution in [3.63, 3.8) is 0 Å². The number of anilines is 2. The number of hydrogen-bond acceptors (Lipinski definition) is 4. The van der Waals surface area contributed by atoms with E-state index in [9.17, 15) is 13.2 Å². The van der Waals surface area contributed by atoms with Crippen molar-refractivity contribution in [1.82, 2.24) is 0 Å². The Morgan fingerprint density at radius 2 is 1.39 bits per heavy atom. The highest BCUT2D eigenvalue weighted by atomic mass is 32.2. The molecule has 0 saturated heterocycles. The lowest BCUT2D eigenvalue weighted by Gasteiger charge is -2.18. The lowest BCUT2D eigenvalue weighted by atomic mass is 10.1. The minimum absolute atomic E-state index is 0.108. The van der Waals surface area contributed by atoms with E-state index in [1.165, 1.54) is 12.1 Å². The fraction of sp³-hybridized carbons (Fsp3) is 0.269. The summed E-state index contributed by atoms with van der Waals surface area (Å²) in [7, 11) is -3.74. The number of sulfonamides is 1. The van der Waals surface area contributed by atoms with Gasteiger partial charge in [-0.3, -0.25) is 9.52 Å². The van der Waals surface area contributed by atoms with Gasteiger partial charge in [-0.1, -0.05) is 19.1 Å². The third-order valence-electron chi connectivity index (χ3n) is 5.61. The van der Waals surface area contributed by atoms with E-state index in [-0.39, 0.29) is 10.8 Å². The Kier molecular flexibility index (Phi) is 7.43. The van der Waals surface area contributed by atoms with E-state index in [2.05, 4.69) is 10.0 Å². The van der Waals surface area contributed by atoms with Gasteiger partial charge in [0.05, 0.1) is 4.90 Å². The zero-order chi connectivity index (χ0) is 24.2. The molecule has 1 amide bonds. The van der Waals surface area contributed by atoms with E-state index in [1.807, 2.05) is 58.9 Å². The highest BCUT2D eigenvalue weighted by molar-refractivity contribution is 7.92. The number of nitrogens with one attached hydrogen (secondary N) is 2. The molecule has 0 saturated carbocycles. The summed E-state index contributed by atoms with van der Waals surface area (Å²) in [5.41, 5.74) is 5.33. The molecule has 174 valence electrons. The SMILES string of the molecule is CC[C@H](Oc1ccc(C)c(C)c1)C(=O)Nc1ccc(S(=O)(=O)Nc2ccc(C)c(C)c2)cc1. The molecule has 1 atom stereocenters. The van der Waals surface area contributed by atoms with Crippen molar-refractivity contribution in [1.29, 1.82) is 0 Å². The Bertz CT molecular complexity index is 1250. The molecule has 6 nitrogen and oxygen atoms in total. The van der Waals surface area contributed by atoms with Crippen LogP contribution in [0, 0.1) is 27.7 Å². The van der Waals surface area contributed by atoms with E-state index < -0.39 is 16.1 Å². The summed E-state index contributed by atoms with van der Waals surface area (Å²) in [6.45, 7) is 9.78. The van der Waals surface area contributed by atoms with Crippen LogP contribution in [0.3, 0.4) is 0 Å². The molecule has 0 unspecified atom stereocenters. The van der Waals surface area contributed by atoms with Crippen LogP contribution in [-0.4, -0.2) is 20.4 Å². The van der Waals surface area contributed by atoms with Gasteiger partial charge in [-0.05, 0) is 105 Å². The van der Waals surface area contributed by atoms with Crippen molar-refractivity contribution in [2.45, 2.75) is 52.0 Å². The molecular formula is C26H30N2O4S. The van der Waals surface area contributed by atoms with E-state index in [0.717, 1.165) is 22.3 Å². The molecule has 0 aliphatic heterocycles. The van der Waals surface area contributed by atoms with Crippen molar-refractivity contribution in [3.05, 3.63) is 82.9 Å². The molecule has 0 radical (unpaired) electrons. The second-order valence-corrected chi connectivity index (χ2v) is 9.86. The van der Waals surface area contributed by atoms with E-state index >= 15 is 0 Å². The number of benzene rings is 3. The number of carbonyl (C=O) groups excluding carboxylic acids is 1. The molecule has 2 N–H and O–H groups in total. The number of hydrogen-bond donors (Lipinski definition) is 2. The summed E-state index contributed by atoms with van der Waals surface area (Å²) in [6.07, 6.45) is -0.174. The minimum atomic E-state index is -3.74. The normalized spacial score (nSPS) is 12.2. The van der Waals surface area contributed by atoms with Gasteiger partial charge in [0, 0.05) is 11.4 Å². The molecule has 0 fully saturated rings. The van der Waals surface area contributed by atoms with Gasteiger partial charge >= 0.3 is 0 Å². The minimum Gasteiger partial charge on any atom is -0.481 e. The molecule has 33 heavy (non-hydrogen) atoms. The van der Waals surface area contributed by atoms with Crippen molar-refractivity contribution in [2.75, 3.05) is 10.0 Å². The molecule has 0 aliphatic carbocycles. The van der Waals surface area contributed by atoms with Crippen LogP contribution in [0.5, 0.6) is 5.75 Å². The van der Waals surface area contributed by atoms with Crippen LogP contribution in [0.4, 0.5) is 11.4 Å². The van der Waals surface area contributed by atoms with Gasteiger partial charge in [-0.25, -0.2) is 8.42 Å². The van der Waals surface area contributed by atoms with E-state index in [1.54, 1.807) is 24.3 Å². The topological polar surface area (TPSA) is 84.5 Å². The number of aryl methyl sites for hydroxylation is 4. The number of amides is 1. The van der Waals surface area contributed by atoms with Gasteiger partial charge in [-0.2, -0.15) is 0 Å². The summed E-state index contributed by atoms with van der Waals surface area (Å²) in [4.78, 5) is 12.8. The highest BCUT2D eigenvalue weighted by Crippen LogP contribution is 2.22. The summed E-state index contributed by atoms with van der Waals surface area (Å²) < 4.78 is 33.9. The Balaban J connectivity index is 1.67. The molecule has 0 spiro atoms. The van der Waals surface area contributed by atoms with Crippen LogP contribution in [0.15, 0.2) is 65.6 Å². The maximum atomic E-state index is 12.7. The zero-order valence-electron chi connectivity index (χ0n) is 19.6. The molecule has 0 bridgehead atoms. The number of rotatable bonds is 8. The van der Waals surface area contributed by atoms with Crippen LogP contribution in [0.25, 0.3) is 0 Å². The number of ether oxygens (including phenoxy) is 1. The zero-order valence-corrected chi connectivity index (χ0v) is 20.4. The second-order valence-electron chi connectivity index (χ2n) is 8.18. The Labute approximate surface area is 196 Å². The number of carbonyl (C=O) groups is 1. The maximum Gasteiger partial charge on any atom is 0.265 e. The molecule has 0 heterocycles. The van der Waals surface area contributed by atoms with Crippen LogP contribution in [-0.2, 0) is 14.8 Å². The monoisotopic (exact) mass is 466 g/mol. The van der Waals surface area contributed by atoms with Crippen molar-refractivity contribution < 1.29 is 17.9 Å². The van der Waals surface area contributed by atoms with Gasteiger partial charge in [-0.15, -0.1) is 0 Å². The average Bonchev–Trinajstić information content (AvgIpc) is 2.77. The predicted molar refractivity (Wildman–Crippen MR) is 132 cm³/mol. The van der Waals surface area contributed by atoms with E-state index in [4.69, 9.17) is 4.74 Å². The van der Waals surface area contributed by atoms with Gasteiger partial charge < -0.3 is 10.1 Å². The summed E-state index contributed by atoms with van der Waals surface area (Å²) >= 11 is 0. The van der Waals surface area contributed by atoms with Gasteiger partial charge in [0.15, 0.2) is 6.10 Å². The van der Waals surface area contributed by atoms with Crippen LogP contribution >= 0.6 is 0 Å². The fourth-order valence-corrected chi connectivity index (χ4v) is 4.28. The van der Waals surface area contributed by atoms with Crippen molar-refractivity contribution in [2.24, 2.45) is 0 Å². The molecular weight excluding hydrogens is 436 g/mol. The van der Waals surface area contributed by atoms with E-state index in [0.29, 0.717) is 23.5 Å². The smallest absolute Gasteiger partial charge is 0.265 e. The lowest BCUT2D eigenvalue weighted by molar-refractivity contribution is -0.122. The van der Waals surface area contributed by atoms with Crippen LogP contribution in [0.1, 0.15) is 35.6 Å². The highest BCUT2D eigenvalue weighted by Gasteiger charge is 2.20. The first-order valence-electron chi connectivity index (χ1n) is 10.8. The predicted octanol–water partition coefficient (Wildman–Crippen LogP) is 5.52. The van der Waals surface area contributed by atoms with Crippen molar-refractivity contribution >= 4 is 27.3 Å². The third kappa shape index (κ3) is 6.14. The quantitative estimate of drug-likeness (QED) is 0.458. The fourth-order valence-electron chi connectivity index (χ4n) is 3.23. The Morgan fingerprint density at radius 3 is 1.97 bits per heavy atom. The summed E-state index contributed by atoms with van der Waals surface area (Å²) in [5, 5.41) is 2.80. The first-order chi connectivity index (χ1) is 15.6. The third-order valence-corrected chi connectivity index (χ3v) is 7.01. The first kappa shape index (κ1) is 24.3. The Hall–Kier alpha value is -3.32. The summed E-state index contributed by atoms with van der Waals surface area (Å²) in [6, 6.07) is 17.2. The first-order valence-corrected chi connectivity index (χ1v) is 12.3. The molecule has 0 aliphatic rings. The molecule has 3 rings (SSSR count). The van der Waals surface area contributed by atoms with Gasteiger partial charge in [0.1, 0.15) is 5.75 Å². The van der Waals surface area contributed by atoms with Gasteiger partial charge in [0.25, 0.3) is 15.9 Å². The molecule has 0 aromatic heterocycles. The Morgan fingerprint density at radius 1 is 0.818 bits per heavy atom. The molecule has 3 aromatic rings. The average molecular weight is 467 g/mol. The maximum absolute atomic E-state index is 12.7. The second kappa shape index (κ2) is 10.1. The molecule has 7 heteroatoms. The van der Waals surface area contributed by atoms with Crippen molar-refractivity contribution in [3.8, 4) is 5.75 Å². The van der Waals surface area contributed by atoms with Crippen LogP contribution < -0.4 is 14.8 Å². The van der Waals surface area contributed by atoms with Crippen LogP contribution in [0.2, 0.25) is 0 Å². The lowest BCUT2D eigenvalue weighted by Crippen LogP contribution is -2.32.